The zero-order chi connectivity index (χ0) is 13.0. The van der Waals surface area contributed by atoms with Crippen molar-refractivity contribution in [2.75, 3.05) is 19.9 Å². The molecule has 0 aliphatic carbocycles. The van der Waals surface area contributed by atoms with Crippen molar-refractivity contribution in [3.05, 3.63) is 0 Å². The number of methoxy groups -OCH3 is 1. The SMILES string of the molecule is COC(=O)C(=O)NCC(C)(C)NS(C)(=O)=O. The van der Waals surface area contributed by atoms with Crippen LogP contribution < -0.4 is 10.0 Å². The highest BCUT2D eigenvalue weighted by molar-refractivity contribution is 7.88. The van der Waals surface area contributed by atoms with Crippen LogP contribution in [0.2, 0.25) is 0 Å². The molecule has 94 valence electrons. The normalized spacial score (nSPS) is 12.0. The molecule has 2 N–H and O–H groups in total. The molecule has 8 heteroatoms. The number of sulfonamides is 1. The van der Waals surface area contributed by atoms with Gasteiger partial charge in [-0.15, -0.1) is 0 Å². The van der Waals surface area contributed by atoms with Crippen molar-refractivity contribution < 1.29 is 22.7 Å². The minimum atomic E-state index is -3.37. The molecule has 0 aromatic heterocycles. The van der Waals surface area contributed by atoms with Gasteiger partial charge in [0.15, 0.2) is 0 Å². The number of hydrogen-bond donors (Lipinski definition) is 2. The molecule has 0 aromatic carbocycles. The summed E-state index contributed by atoms with van der Waals surface area (Å²) in [5.41, 5.74) is -0.878. The second-order valence-electron chi connectivity index (χ2n) is 3.93. The Bertz CT molecular complexity index is 374. The summed E-state index contributed by atoms with van der Waals surface area (Å²) in [5.74, 6) is -1.93. The maximum atomic E-state index is 11.0. The predicted molar refractivity (Wildman–Crippen MR) is 57.1 cm³/mol. The van der Waals surface area contributed by atoms with Crippen molar-refractivity contribution in [3.63, 3.8) is 0 Å². The third-order valence-corrected chi connectivity index (χ3v) is 2.45. The van der Waals surface area contributed by atoms with Crippen molar-refractivity contribution >= 4 is 21.9 Å². The van der Waals surface area contributed by atoms with Gasteiger partial charge in [0.2, 0.25) is 10.0 Å². The largest absolute Gasteiger partial charge is 0.462 e. The molecule has 0 aliphatic heterocycles. The quantitative estimate of drug-likeness (QED) is 0.473. The lowest BCUT2D eigenvalue weighted by atomic mass is 10.1. The predicted octanol–water partition coefficient (Wildman–Crippen LogP) is -1.40. The maximum Gasteiger partial charge on any atom is 0.396 e. The molecule has 1 amide bonds. The van der Waals surface area contributed by atoms with Gasteiger partial charge in [-0.2, -0.15) is 0 Å². The molecule has 0 radical (unpaired) electrons. The average molecular weight is 252 g/mol. The number of rotatable bonds is 4. The summed E-state index contributed by atoms with van der Waals surface area (Å²) >= 11 is 0. The van der Waals surface area contributed by atoms with Crippen LogP contribution in [-0.4, -0.2) is 45.7 Å². The van der Waals surface area contributed by atoms with E-state index in [1.54, 1.807) is 13.8 Å². The number of nitrogens with one attached hydrogen (secondary N) is 2. The van der Waals surface area contributed by atoms with Crippen LogP contribution in [0.5, 0.6) is 0 Å². The molecule has 16 heavy (non-hydrogen) atoms. The number of carbonyl (C=O) groups excluding carboxylic acids is 2. The fourth-order valence-corrected chi connectivity index (χ4v) is 2.08. The van der Waals surface area contributed by atoms with Gasteiger partial charge in [0.25, 0.3) is 0 Å². The maximum absolute atomic E-state index is 11.0. The third kappa shape index (κ3) is 6.36. The molecule has 0 saturated heterocycles. The Morgan fingerprint density at radius 3 is 2.19 bits per heavy atom. The van der Waals surface area contributed by atoms with Gasteiger partial charge in [-0.3, -0.25) is 4.79 Å². The highest BCUT2D eigenvalue weighted by Crippen LogP contribution is 2.01. The van der Waals surface area contributed by atoms with Gasteiger partial charge in [-0.1, -0.05) is 0 Å². The highest BCUT2D eigenvalue weighted by Gasteiger charge is 2.24. The van der Waals surface area contributed by atoms with Crippen LogP contribution >= 0.6 is 0 Å². The van der Waals surface area contributed by atoms with Gasteiger partial charge in [0.05, 0.1) is 13.4 Å². The van der Waals surface area contributed by atoms with Crippen molar-refractivity contribution in [2.24, 2.45) is 0 Å². The van der Waals surface area contributed by atoms with Gasteiger partial charge in [-0.05, 0) is 13.8 Å². The van der Waals surface area contributed by atoms with Crippen LogP contribution in [0.1, 0.15) is 13.8 Å². The Balaban J connectivity index is 4.30. The van der Waals surface area contributed by atoms with Crippen LogP contribution in [0.15, 0.2) is 0 Å². The summed E-state index contributed by atoms with van der Waals surface area (Å²) < 4.78 is 28.4. The molecule has 0 atom stereocenters. The van der Waals surface area contributed by atoms with E-state index in [1.165, 1.54) is 0 Å². The topological polar surface area (TPSA) is 102 Å². The van der Waals surface area contributed by atoms with Gasteiger partial charge in [0, 0.05) is 12.1 Å². The zero-order valence-electron chi connectivity index (χ0n) is 9.66. The van der Waals surface area contributed by atoms with Crippen LogP contribution in [0.4, 0.5) is 0 Å². The lowest BCUT2D eigenvalue weighted by Crippen LogP contribution is -2.52. The first-order chi connectivity index (χ1) is 7.07. The minimum Gasteiger partial charge on any atom is -0.462 e. The van der Waals surface area contributed by atoms with E-state index in [2.05, 4.69) is 14.8 Å². The van der Waals surface area contributed by atoms with Crippen molar-refractivity contribution in [2.45, 2.75) is 19.4 Å². The zero-order valence-corrected chi connectivity index (χ0v) is 10.5. The van der Waals surface area contributed by atoms with E-state index in [-0.39, 0.29) is 6.54 Å². The number of hydrogen-bond acceptors (Lipinski definition) is 5. The van der Waals surface area contributed by atoms with Crippen LogP contribution in [0.3, 0.4) is 0 Å². The van der Waals surface area contributed by atoms with Crippen LogP contribution in [0, 0.1) is 0 Å². The lowest BCUT2D eigenvalue weighted by molar-refractivity contribution is -0.152. The van der Waals surface area contributed by atoms with Gasteiger partial charge in [-0.25, -0.2) is 17.9 Å². The number of ether oxygens (including phenoxy) is 1. The van der Waals surface area contributed by atoms with Gasteiger partial charge in [0.1, 0.15) is 0 Å². The molecule has 0 bridgehead atoms. The van der Waals surface area contributed by atoms with Crippen molar-refractivity contribution in [1.29, 1.82) is 0 Å². The summed E-state index contributed by atoms with van der Waals surface area (Å²) in [4.78, 5) is 21.8. The van der Waals surface area contributed by atoms with E-state index in [4.69, 9.17) is 0 Å². The van der Waals surface area contributed by atoms with Gasteiger partial charge >= 0.3 is 11.9 Å². The third-order valence-electron chi connectivity index (χ3n) is 1.52. The molecule has 0 spiro atoms. The molecule has 0 fully saturated rings. The van der Waals surface area contributed by atoms with Crippen molar-refractivity contribution in [3.8, 4) is 0 Å². The van der Waals surface area contributed by atoms with E-state index < -0.39 is 27.4 Å². The Labute approximate surface area is 94.6 Å². The van der Waals surface area contributed by atoms with E-state index in [9.17, 15) is 18.0 Å². The monoisotopic (exact) mass is 252 g/mol. The minimum absolute atomic E-state index is 0.0198. The molecule has 0 heterocycles. The summed E-state index contributed by atoms with van der Waals surface area (Å²) in [6.45, 7) is 3.13. The molecule has 0 aliphatic rings. The lowest BCUT2D eigenvalue weighted by Gasteiger charge is -2.24. The van der Waals surface area contributed by atoms with E-state index in [0.717, 1.165) is 13.4 Å². The molecule has 0 saturated carbocycles. The first kappa shape index (κ1) is 14.8. The average Bonchev–Trinajstić information content (AvgIpc) is 2.09. The van der Waals surface area contributed by atoms with Crippen molar-refractivity contribution in [1.82, 2.24) is 10.0 Å². The van der Waals surface area contributed by atoms with Crippen LogP contribution in [-0.2, 0) is 24.3 Å². The summed E-state index contributed by atoms with van der Waals surface area (Å²) in [7, 11) is -2.29. The first-order valence-electron chi connectivity index (χ1n) is 4.42. The second-order valence-corrected chi connectivity index (χ2v) is 5.68. The van der Waals surface area contributed by atoms with Crippen LogP contribution in [0.25, 0.3) is 0 Å². The Morgan fingerprint density at radius 2 is 1.81 bits per heavy atom. The summed E-state index contributed by atoms with van der Waals surface area (Å²) in [6.07, 6.45) is 1.01. The highest BCUT2D eigenvalue weighted by atomic mass is 32.2. The number of carbonyl (C=O) groups is 2. The van der Waals surface area contributed by atoms with E-state index in [0.29, 0.717) is 0 Å². The Kier molecular flexibility index (Phi) is 4.88. The summed E-state index contributed by atoms with van der Waals surface area (Å²) in [5, 5.41) is 2.26. The van der Waals surface area contributed by atoms with E-state index >= 15 is 0 Å². The molecular weight excluding hydrogens is 236 g/mol. The smallest absolute Gasteiger partial charge is 0.396 e. The number of amides is 1. The molecule has 0 rings (SSSR count). The second kappa shape index (κ2) is 5.26. The molecular formula is C8H16N2O5S. The van der Waals surface area contributed by atoms with E-state index in [1.807, 2.05) is 0 Å². The Hall–Kier alpha value is -1.15. The fraction of sp³-hybridized carbons (Fsp3) is 0.750. The fourth-order valence-electron chi connectivity index (χ4n) is 1.00. The number of esters is 1. The molecule has 0 unspecified atom stereocenters. The summed E-state index contributed by atoms with van der Waals surface area (Å²) in [6, 6.07) is 0. The standard InChI is InChI=1S/C8H16N2O5S/c1-8(2,10-16(4,13)14)5-9-6(11)7(12)15-3/h10H,5H2,1-4H3,(H,9,11). The Morgan fingerprint density at radius 1 is 1.31 bits per heavy atom. The first-order valence-corrected chi connectivity index (χ1v) is 6.31. The molecule has 7 nitrogen and oxygen atoms in total. The van der Waals surface area contributed by atoms with Gasteiger partial charge < -0.3 is 10.1 Å². The molecule has 0 aromatic rings.